The number of carbonyl (C=O) groups is 11. The summed E-state index contributed by atoms with van der Waals surface area (Å²) in [5.74, 6) is -9.78. The highest BCUT2D eigenvalue weighted by molar-refractivity contribution is 5.98. The number of aldehydes is 1. The summed E-state index contributed by atoms with van der Waals surface area (Å²) in [5.41, 5.74) is 11.2. The summed E-state index contributed by atoms with van der Waals surface area (Å²) in [6.45, 7) is 10.3. The van der Waals surface area contributed by atoms with Crippen LogP contribution in [0.4, 0.5) is 0 Å². The zero-order chi connectivity index (χ0) is 50.4. The molecule has 0 heterocycles. The third kappa shape index (κ3) is 19.7. The molecule has 0 aliphatic rings. The Kier molecular flexibility index (Phi) is 24.7. The third-order valence-electron chi connectivity index (χ3n) is 9.88. The number of nitrogens with one attached hydrogen (secondary N) is 9. The van der Waals surface area contributed by atoms with Gasteiger partial charge in [0.2, 0.25) is 59.1 Å². The van der Waals surface area contributed by atoms with Gasteiger partial charge in [0.15, 0.2) is 0 Å². The van der Waals surface area contributed by atoms with Gasteiger partial charge in [0, 0.05) is 12.8 Å². The van der Waals surface area contributed by atoms with Gasteiger partial charge < -0.3 is 74.3 Å². The maximum absolute atomic E-state index is 14.0. The molecule has 24 heteroatoms. The average molecular weight is 934 g/mol. The minimum absolute atomic E-state index is 0.194. The van der Waals surface area contributed by atoms with E-state index in [1.165, 1.54) is 27.7 Å². The second kappa shape index (κ2) is 28.4. The lowest BCUT2D eigenvalue weighted by Gasteiger charge is -2.29. The van der Waals surface area contributed by atoms with Crippen LogP contribution in [0, 0.1) is 11.8 Å². The number of aliphatic hydroxyl groups is 2. The van der Waals surface area contributed by atoms with Crippen LogP contribution in [0.5, 0.6) is 0 Å². The van der Waals surface area contributed by atoms with E-state index in [1.807, 2.05) is 0 Å². The quantitative estimate of drug-likeness (QED) is 0.0350. The Balaban J connectivity index is 3.28. The van der Waals surface area contributed by atoms with Gasteiger partial charge in [-0.2, -0.15) is 0 Å². The van der Waals surface area contributed by atoms with Crippen LogP contribution in [0.1, 0.15) is 73.8 Å². The minimum Gasteiger partial charge on any atom is -0.394 e. The van der Waals surface area contributed by atoms with Crippen LogP contribution in [0.3, 0.4) is 0 Å². The zero-order valence-electron chi connectivity index (χ0n) is 38.5. The monoisotopic (exact) mass is 933 g/mol. The molecular weight excluding hydrogens is 867 g/mol. The van der Waals surface area contributed by atoms with Crippen molar-refractivity contribution in [2.75, 3.05) is 13.2 Å². The first-order valence-electron chi connectivity index (χ1n) is 21.4. The first-order valence-corrected chi connectivity index (χ1v) is 21.4. The van der Waals surface area contributed by atoms with Crippen molar-refractivity contribution in [2.45, 2.75) is 135 Å². The molecule has 0 spiro atoms. The standard InChI is InChI=1S/C42H67N11O13/c1-20(2)32(51-31(58)17-43)41(65)53-34(25(8)56)42(66)49-28(16-26-12-10-9-11-13-26)38(62)48-27(14-15-30(44)57)37(61)50-29(19-55)39(63)46-24(7)36(60)52-33(21(3)4)40(64)47-23(6)35(59)45-22(5)18-54/h9-13,18,20-25,27-29,32-34,55-56H,14-17,19,43H2,1-8H3,(H2,44,57)(H,45,59)(H,46,63)(H,47,64)(H,48,62)(H,49,66)(H,50,61)(H,51,58)(H,52,60)(H,53,65)/t22-,23-,24-,25+,27-,28-,29-,32-,33-,34-/m0/s1. The van der Waals surface area contributed by atoms with E-state index in [4.69, 9.17) is 11.5 Å². The van der Waals surface area contributed by atoms with E-state index in [-0.39, 0.29) is 6.42 Å². The topological polar surface area (TPSA) is 389 Å². The van der Waals surface area contributed by atoms with Crippen molar-refractivity contribution in [3.63, 3.8) is 0 Å². The SMILES string of the molecule is CC(C)[C@H](NC(=O)CN)C(=O)N[C@H](C(=O)N[C@@H](Cc1ccccc1)C(=O)N[C@@H](CCC(N)=O)C(=O)N[C@@H](CO)C(=O)N[C@@H](C)C(=O)N[C@H](C(=O)N[C@@H](C)C(=O)N[C@@H](C)C=O)C(C)C)[C@@H](C)O. The molecule has 0 saturated carbocycles. The summed E-state index contributed by atoms with van der Waals surface area (Å²) >= 11 is 0. The fourth-order valence-electron chi connectivity index (χ4n) is 5.98. The Hall–Kier alpha value is -6.53. The van der Waals surface area contributed by atoms with Crippen LogP contribution < -0.4 is 59.3 Å². The Labute approximate surface area is 383 Å². The van der Waals surface area contributed by atoms with Crippen molar-refractivity contribution in [1.29, 1.82) is 0 Å². The van der Waals surface area contributed by atoms with Crippen molar-refractivity contribution >= 4 is 65.4 Å². The molecule has 10 amide bonds. The molecule has 0 unspecified atom stereocenters. The summed E-state index contributed by atoms with van der Waals surface area (Å²) < 4.78 is 0. The highest BCUT2D eigenvalue weighted by atomic mass is 16.3. The van der Waals surface area contributed by atoms with E-state index >= 15 is 0 Å². The molecule has 0 saturated heterocycles. The lowest BCUT2D eigenvalue weighted by molar-refractivity contribution is -0.137. The number of carbonyl (C=O) groups excluding carboxylic acids is 11. The molecule has 0 aliphatic carbocycles. The molecule has 24 nitrogen and oxygen atoms in total. The summed E-state index contributed by atoms with van der Waals surface area (Å²) in [6.07, 6.45) is -2.10. The Morgan fingerprint density at radius 2 is 1.00 bits per heavy atom. The number of benzene rings is 1. The molecule has 0 aromatic heterocycles. The van der Waals surface area contributed by atoms with Crippen molar-refractivity contribution in [1.82, 2.24) is 47.9 Å². The molecule has 0 radical (unpaired) electrons. The predicted molar refractivity (Wildman–Crippen MR) is 237 cm³/mol. The number of rotatable bonds is 28. The van der Waals surface area contributed by atoms with E-state index in [1.54, 1.807) is 58.0 Å². The Bertz CT molecular complexity index is 1870. The number of amides is 10. The largest absolute Gasteiger partial charge is 0.394 e. The van der Waals surface area contributed by atoms with Gasteiger partial charge in [-0.05, 0) is 51.5 Å². The van der Waals surface area contributed by atoms with Gasteiger partial charge in [-0.15, -0.1) is 0 Å². The highest BCUT2D eigenvalue weighted by Gasteiger charge is 2.36. The average Bonchev–Trinajstić information content (AvgIpc) is 3.25. The van der Waals surface area contributed by atoms with E-state index in [0.717, 1.165) is 0 Å². The number of hydrogen-bond acceptors (Lipinski definition) is 14. The van der Waals surface area contributed by atoms with E-state index in [0.29, 0.717) is 11.8 Å². The second-order valence-corrected chi connectivity index (χ2v) is 16.4. The molecule has 15 N–H and O–H groups in total. The summed E-state index contributed by atoms with van der Waals surface area (Å²) in [4.78, 5) is 141. The van der Waals surface area contributed by atoms with Gasteiger partial charge in [0.25, 0.3) is 0 Å². The lowest BCUT2D eigenvalue weighted by atomic mass is 10.0. The van der Waals surface area contributed by atoms with Gasteiger partial charge in [-0.25, -0.2) is 0 Å². The van der Waals surface area contributed by atoms with Crippen LogP contribution in [0.15, 0.2) is 30.3 Å². The Morgan fingerprint density at radius 3 is 1.50 bits per heavy atom. The van der Waals surface area contributed by atoms with Crippen molar-refractivity contribution in [2.24, 2.45) is 23.3 Å². The highest BCUT2D eigenvalue weighted by Crippen LogP contribution is 2.09. The summed E-state index contributed by atoms with van der Waals surface area (Å²) in [7, 11) is 0. The van der Waals surface area contributed by atoms with Crippen LogP contribution >= 0.6 is 0 Å². The molecule has 0 bridgehead atoms. The van der Waals surface area contributed by atoms with Crippen LogP contribution in [-0.2, 0) is 59.2 Å². The van der Waals surface area contributed by atoms with Crippen molar-refractivity contribution < 1.29 is 63.0 Å². The van der Waals surface area contributed by atoms with Gasteiger partial charge in [-0.1, -0.05) is 58.0 Å². The van der Waals surface area contributed by atoms with Crippen molar-refractivity contribution in [3.05, 3.63) is 35.9 Å². The first kappa shape index (κ1) is 57.5. The normalized spacial score (nSPS) is 15.6. The Morgan fingerprint density at radius 1 is 0.561 bits per heavy atom. The molecule has 1 rings (SSSR count). The smallest absolute Gasteiger partial charge is 0.245 e. The molecular formula is C42H67N11O13. The lowest BCUT2D eigenvalue weighted by Crippen LogP contribution is -2.62. The number of hydrogen-bond donors (Lipinski definition) is 13. The minimum atomic E-state index is -1.74. The van der Waals surface area contributed by atoms with Crippen LogP contribution in [0.25, 0.3) is 0 Å². The maximum atomic E-state index is 14.0. The molecule has 368 valence electrons. The predicted octanol–water partition coefficient (Wildman–Crippen LogP) is -5.24. The summed E-state index contributed by atoms with van der Waals surface area (Å²) in [6, 6.07) is -3.85. The molecule has 1 aromatic rings. The van der Waals surface area contributed by atoms with Gasteiger partial charge in [0.05, 0.1) is 25.3 Å². The molecule has 66 heavy (non-hydrogen) atoms. The summed E-state index contributed by atoms with van der Waals surface area (Å²) in [5, 5.41) is 42.4. The molecule has 0 fully saturated rings. The molecule has 10 atom stereocenters. The molecule has 0 aliphatic heterocycles. The number of primary amides is 1. The zero-order valence-corrected chi connectivity index (χ0v) is 38.5. The van der Waals surface area contributed by atoms with Crippen LogP contribution in [-0.4, -0.2) is 149 Å². The van der Waals surface area contributed by atoms with Gasteiger partial charge in [-0.3, -0.25) is 47.9 Å². The van der Waals surface area contributed by atoms with Crippen molar-refractivity contribution in [3.8, 4) is 0 Å². The van der Waals surface area contributed by atoms with E-state index < -0.39 is 157 Å². The maximum Gasteiger partial charge on any atom is 0.245 e. The van der Waals surface area contributed by atoms with Crippen LogP contribution in [0.2, 0.25) is 0 Å². The fourth-order valence-corrected chi connectivity index (χ4v) is 5.98. The number of nitrogens with two attached hydrogens (primary N) is 2. The number of aliphatic hydroxyl groups excluding tert-OH is 2. The van der Waals surface area contributed by atoms with Gasteiger partial charge in [0.1, 0.15) is 54.6 Å². The third-order valence-corrected chi connectivity index (χ3v) is 9.88. The molecule has 1 aromatic carbocycles. The second-order valence-electron chi connectivity index (χ2n) is 16.4. The van der Waals surface area contributed by atoms with Gasteiger partial charge >= 0.3 is 0 Å². The van der Waals surface area contributed by atoms with E-state index in [2.05, 4.69) is 47.9 Å². The fraction of sp³-hybridized carbons (Fsp3) is 0.595. The first-order chi connectivity index (χ1) is 30.9. The van der Waals surface area contributed by atoms with E-state index in [9.17, 15) is 63.0 Å².